The summed E-state index contributed by atoms with van der Waals surface area (Å²) in [5.74, 6) is 1.47. The molecule has 35 heavy (non-hydrogen) atoms. The molecule has 0 unspecified atom stereocenters. The van der Waals surface area contributed by atoms with Crippen molar-refractivity contribution in [2.75, 3.05) is 61.5 Å². The normalized spacial score (nSPS) is 15.9. The van der Waals surface area contributed by atoms with Gasteiger partial charge in [-0.15, -0.1) is 0 Å². The Morgan fingerprint density at radius 3 is 2.63 bits per heavy atom. The number of hydrogen-bond acceptors (Lipinski definition) is 11. The van der Waals surface area contributed by atoms with Crippen molar-refractivity contribution in [2.45, 2.75) is 11.3 Å². The third-order valence-corrected chi connectivity index (χ3v) is 7.36. The van der Waals surface area contributed by atoms with Crippen molar-refractivity contribution >= 4 is 33.4 Å². The minimum atomic E-state index is -3.75. The van der Waals surface area contributed by atoms with Gasteiger partial charge in [0.2, 0.25) is 21.9 Å². The number of aliphatic hydroxyl groups excluding tert-OH is 1. The van der Waals surface area contributed by atoms with Gasteiger partial charge < -0.3 is 25.4 Å². The van der Waals surface area contributed by atoms with Crippen molar-refractivity contribution in [1.82, 2.24) is 24.7 Å². The molecule has 2 aliphatic heterocycles. The minimum Gasteiger partial charge on any atom is -0.395 e. The standard InChI is InChI=1S/C22H26N8O4S/c23-21-24-13-15(14-25-21)19-18-4-6-30(20(18)28-22(27-19)29-7-10-34-11-8-29)16-2-1-3-17(12-16)35(32,33)26-5-9-31/h1-3,12-14,26,31H,4-11H2,(H2,23,24,25). The molecule has 5 rings (SSSR count). The van der Waals surface area contributed by atoms with E-state index >= 15 is 0 Å². The summed E-state index contributed by atoms with van der Waals surface area (Å²) >= 11 is 0. The summed E-state index contributed by atoms with van der Waals surface area (Å²) in [5, 5.41) is 9.00. The SMILES string of the molecule is Nc1ncc(-c2nc(N3CCOCC3)nc3c2CCN3c2cccc(S(=O)(=O)NCCO)c2)cn1. The molecular weight excluding hydrogens is 472 g/mol. The molecule has 0 radical (unpaired) electrons. The fraction of sp³-hybridized carbons (Fsp3) is 0.364. The molecule has 4 N–H and O–H groups in total. The van der Waals surface area contributed by atoms with Gasteiger partial charge in [0.1, 0.15) is 5.82 Å². The maximum atomic E-state index is 12.6. The van der Waals surface area contributed by atoms with Crippen molar-refractivity contribution in [2.24, 2.45) is 0 Å². The van der Waals surface area contributed by atoms with Gasteiger partial charge in [-0.05, 0) is 24.6 Å². The molecule has 0 atom stereocenters. The fourth-order valence-corrected chi connectivity index (χ4v) is 5.24. The zero-order chi connectivity index (χ0) is 24.4. The maximum absolute atomic E-state index is 12.6. The monoisotopic (exact) mass is 498 g/mol. The first-order valence-electron chi connectivity index (χ1n) is 11.3. The highest BCUT2D eigenvalue weighted by Crippen LogP contribution is 2.39. The average molecular weight is 499 g/mol. The summed E-state index contributed by atoms with van der Waals surface area (Å²) in [7, 11) is -3.75. The van der Waals surface area contributed by atoms with Gasteiger partial charge in [-0.25, -0.2) is 28.1 Å². The number of ether oxygens (including phenoxy) is 1. The van der Waals surface area contributed by atoms with E-state index in [2.05, 4.69) is 19.6 Å². The number of hydrogen-bond donors (Lipinski definition) is 3. The van der Waals surface area contributed by atoms with Crippen LogP contribution >= 0.6 is 0 Å². The van der Waals surface area contributed by atoms with Crippen molar-refractivity contribution in [3.63, 3.8) is 0 Å². The van der Waals surface area contributed by atoms with E-state index in [1.165, 1.54) is 6.07 Å². The van der Waals surface area contributed by atoms with E-state index in [4.69, 9.17) is 25.5 Å². The fourth-order valence-electron chi connectivity index (χ4n) is 4.18. The molecule has 3 aromatic rings. The van der Waals surface area contributed by atoms with Gasteiger partial charge in [-0.3, -0.25) is 0 Å². The Morgan fingerprint density at radius 2 is 1.89 bits per heavy atom. The van der Waals surface area contributed by atoms with E-state index in [0.29, 0.717) is 56.7 Å². The Hall–Kier alpha value is -3.39. The van der Waals surface area contributed by atoms with Crippen molar-refractivity contribution < 1.29 is 18.3 Å². The highest BCUT2D eigenvalue weighted by Gasteiger charge is 2.30. The van der Waals surface area contributed by atoms with Gasteiger partial charge in [0, 0.05) is 55.4 Å². The van der Waals surface area contributed by atoms with Crippen molar-refractivity contribution in [3.05, 3.63) is 42.2 Å². The first-order chi connectivity index (χ1) is 17.0. The lowest BCUT2D eigenvalue weighted by Gasteiger charge is -2.28. The maximum Gasteiger partial charge on any atom is 0.240 e. The van der Waals surface area contributed by atoms with Crippen molar-refractivity contribution in [1.29, 1.82) is 0 Å². The van der Waals surface area contributed by atoms with Crippen LogP contribution in [0.5, 0.6) is 0 Å². The molecule has 1 fully saturated rings. The van der Waals surface area contributed by atoms with E-state index in [9.17, 15) is 8.42 Å². The van der Waals surface area contributed by atoms with Crippen LogP contribution in [-0.4, -0.2) is 79.5 Å². The van der Waals surface area contributed by atoms with Crippen molar-refractivity contribution in [3.8, 4) is 11.3 Å². The smallest absolute Gasteiger partial charge is 0.240 e. The Balaban J connectivity index is 1.58. The molecule has 0 amide bonds. The highest BCUT2D eigenvalue weighted by atomic mass is 32.2. The molecule has 184 valence electrons. The van der Waals surface area contributed by atoms with Crippen LogP contribution in [0.25, 0.3) is 11.3 Å². The number of aliphatic hydroxyl groups is 1. The summed E-state index contributed by atoms with van der Waals surface area (Å²) in [6.45, 7) is 2.78. The quantitative estimate of drug-likeness (QED) is 0.411. The largest absolute Gasteiger partial charge is 0.395 e. The van der Waals surface area contributed by atoms with Gasteiger partial charge in [-0.1, -0.05) is 6.07 Å². The zero-order valence-electron chi connectivity index (χ0n) is 19.0. The number of benzene rings is 1. The molecule has 0 aliphatic carbocycles. The van der Waals surface area contributed by atoms with Gasteiger partial charge in [0.25, 0.3) is 0 Å². The van der Waals surface area contributed by atoms with E-state index in [0.717, 1.165) is 16.8 Å². The lowest BCUT2D eigenvalue weighted by Crippen LogP contribution is -2.37. The van der Waals surface area contributed by atoms with Gasteiger partial charge in [0.05, 0.1) is 30.4 Å². The number of anilines is 4. The minimum absolute atomic E-state index is 0.0533. The van der Waals surface area contributed by atoms with E-state index in [1.54, 1.807) is 24.5 Å². The first kappa shape index (κ1) is 23.4. The lowest BCUT2D eigenvalue weighted by atomic mass is 10.1. The molecule has 2 aliphatic rings. The molecule has 12 nitrogen and oxygen atoms in total. The number of aromatic nitrogens is 4. The van der Waals surface area contributed by atoms with Crippen LogP contribution in [0.4, 0.5) is 23.4 Å². The van der Waals surface area contributed by atoms with E-state index in [1.807, 2.05) is 11.0 Å². The molecule has 0 spiro atoms. The van der Waals surface area contributed by atoms with Crippen LogP contribution in [0.2, 0.25) is 0 Å². The summed E-state index contributed by atoms with van der Waals surface area (Å²) < 4.78 is 33.1. The number of morpholine rings is 1. The Labute approximate surface area is 202 Å². The molecular formula is C22H26N8O4S. The van der Waals surface area contributed by atoms with Gasteiger partial charge >= 0.3 is 0 Å². The van der Waals surface area contributed by atoms with Gasteiger partial charge in [-0.2, -0.15) is 4.98 Å². The molecule has 1 saturated heterocycles. The third kappa shape index (κ3) is 4.75. The summed E-state index contributed by atoms with van der Waals surface area (Å²) in [5.41, 5.74) is 8.78. The van der Waals surface area contributed by atoms with E-state index < -0.39 is 10.0 Å². The van der Waals surface area contributed by atoms with Crippen LogP contribution in [0.15, 0.2) is 41.6 Å². The summed E-state index contributed by atoms with van der Waals surface area (Å²) in [6, 6.07) is 6.68. The number of fused-ring (bicyclic) bond motifs is 1. The number of nitrogens with one attached hydrogen (secondary N) is 1. The Kier molecular flexibility index (Phi) is 6.47. The molecule has 2 aromatic heterocycles. The van der Waals surface area contributed by atoms with Crippen LogP contribution in [-0.2, 0) is 21.2 Å². The number of nitrogen functional groups attached to an aromatic ring is 1. The second kappa shape index (κ2) is 9.70. The highest BCUT2D eigenvalue weighted by molar-refractivity contribution is 7.89. The van der Waals surface area contributed by atoms with Crippen LogP contribution in [0, 0.1) is 0 Å². The predicted octanol–water partition coefficient (Wildman–Crippen LogP) is 0.317. The van der Waals surface area contributed by atoms with E-state index in [-0.39, 0.29) is 24.0 Å². The van der Waals surface area contributed by atoms with Crippen LogP contribution in [0.3, 0.4) is 0 Å². The first-order valence-corrected chi connectivity index (χ1v) is 12.7. The van der Waals surface area contributed by atoms with Gasteiger partial charge in [0.15, 0.2) is 0 Å². The molecule has 13 heteroatoms. The number of rotatable bonds is 7. The second-order valence-electron chi connectivity index (χ2n) is 8.12. The summed E-state index contributed by atoms with van der Waals surface area (Å²) in [6.07, 6.45) is 3.96. The number of nitrogens with zero attached hydrogens (tertiary/aromatic N) is 6. The zero-order valence-corrected chi connectivity index (χ0v) is 19.8. The third-order valence-electron chi connectivity index (χ3n) is 5.90. The molecule has 1 aromatic carbocycles. The Morgan fingerprint density at radius 1 is 1.11 bits per heavy atom. The summed E-state index contributed by atoms with van der Waals surface area (Å²) in [4.78, 5) is 22.2. The second-order valence-corrected chi connectivity index (χ2v) is 9.89. The van der Waals surface area contributed by atoms with Crippen LogP contribution in [0.1, 0.15) is 5.56 Å². The molecule has 4 heterocycles. The average Bonchev–Trinajstić information content (AvgIpc) is 3.32. The Bertz CT molecular complexity index is 1310. The van der Waals surface area contributed by atoms with Crippen LogP contribution < -0.4 is 20.3 Å². The number of nitrogens with two attached hydrogens (primary N) is 1. The lowest BCUT2D eigenvalue weighted by molar-refractivity contribution is 0.122. The predicted molar refractivity (Wildman–Crippen MR) is 130 cm³/mol. The molecule has 0 saturated carbocycles. The number of sulfonamides is 1. The topological polar surface area (TPSA) is 160 Å². The molecule has 0 bridgehead atoms.